The molecule has 1 fully saturated rings. The molecule has 35 heteroatoms. The van der Waals surface area contributed by atoms with Crippen LogP contribution in [0.3, 0.4) is 0 Å². The topological polar surface area (TPSA) is 453 Å². The standard InChI is InChI=1S/C61H85N13O20S2/c75-53(16-14-50(59(84)85)68-54(76)40-70-22-24-71(41-55(77)78)26-28-73(43-57(81)82)29-27-72(25-23-70)42-56(79)80)62-18-4-31-93-33-35-94-34-32-92-30-1-2-36-95(88,89)48-10-5-44(6-11-48)45-7-12-49(13-8-45)96(90,91)69-51(60(86)87)39-66-58(83)46-9-15-52-47(37-46)38-67-74(52)21-3-17-63-61-64-19-20-65-61/h5-13,15,19-20,37-38,50-51,69H,1-4,14,16-18,21-36,39-43H2,(H,62,75)(H,66,83)(H,68,76)(H,77,78)(H,79,80)(H,81,82)(H,84,85)(H,86,87)(H2,63,64,65)/t50-,51+/m0/s1. The first-order chi connectivity index (χ1) is 45.9. The molecule has 5 aromatic rings. The fourth-order valence-electron chi connectivity index (χ4n) is 10.0. The fraction of sp³-hybridized carbons (Fsp3) is 0.508. The molecule has 0 spiro atoms. The summed E-state index contributed by atoms with van der Waals surface area (Å²) in [6.07, 6.45) is 6.55. The number of fused-ring (bicyclic) bond motifs is 1. The zero-order chi connectivity index (χ0) is 69.5. The van der Waals surface area contributed by atoms with Gasteiger partial charge in [-0.1, -0.05) is 24.3 Å². The number of hydrogen-bond donors (Lipinski definition) is 11. The molecule has 96 heavy (non-hydrogen) atoms. The lowest BCUT2D eigenvalue weighted by atomic mass is 10.1. The minimum absolute atomic E-state index is 0.104. The number of anilines is 1. The molecule has 2 atom stereocenters. The number of carbonyl (C=O) groups excluding carboxylic acids is 3. The van der Waals surface area contributed by atoms with Gasteiger partial charge in [0.15, 0.2) is 15.8 Å². The third-order valence-corrected chi connectivity index (χ3v) is 18.5. The molecule has 33 nitrogen and oxygen atoms in total. The minimum atomic E-state index is -4.38. The summed E-state index contributed by atoms with van der Waals surface area (Å²) >= 11 is 0. The maximum atomic E-state index is 13.3. The molecule has 0 saturated carbocycles. The number of aromatic nitrogens is 4. The van der Waals surface area contributed by atoms with Crippen molar-refractivity contribution in [2.24, 2.45) is 0 Å². The normalized spacial score (nSPS) is 14.8. The van der Waals surface area contributed by atoms with E-state index >= 15 is 0 Å². The van der Waals surface area contributed by atoms with E-state index in [1.165, 1.54) is 36.4 Å². The van der Waals surface area contributed by atoms with Gasteiger partial charge >= 0.3 is 29.8 Å². The van der Waals surface area contributed by atoms with Gasteiger partial charge in [0.1, 0.15) is 12.1 Å². The fourth-order valence-corrected chi connectivity index (χ4v) is 12.6. The molecule has 3 amide bonds. The largest absolute Gasteiger partial charge is 0.480 e. The summed E-state index contributed by atoms with van der Waals surface area (Å²) in [5, 5.41) is 64.0. The summed E-state index contributed by atoms with van der Waals surface area (Å²) in [7, 11) is -8.03. The van der Waals surface area contributed by atoms with Gasteiger partial charge in [-0.15, -0.1) is 0 Å². The molecule has 1 saturated heterocycles. The number of hydrogen-bond acceptors (Lipinski definition) is 22. The molecule has 6 rings (SSSR count). The number of amides is 3. The van der Waals surface area contributed by atoms with Gasteiger partial charge in [0, 0.05) is 122 Å². The van der Waals surface area contributed by atoms with Crippen LogP contribution in [-0.4, -0.2) is 285 Å². The number of aromatic amines is 1. The first kappa shape index (κ1) is 76.5. The van der Waals surface area contributed by atoms with Crippen molar-refractivity contribution in [3.8, 4) is 11.1 Å². The number of carboxylic acid groups (broad SMARTS) is 5. The molecule has 1 aliphatic heterocycles. The second-order valence-corrected chi connectivity index (χ2v) is 26.3. The van der Waals surface area contributed by atoms with Crippen molar-refractivity contribution >= 4 is 84.3 Å². The molecule has 11 N–H and O–H groups in total. The average molecular weight is 1380 g/mol. The van der Waals surface area contributed by atoms with Crippen LogP contribution < -0.4 is 26.0 Å². The number of aryl methyl sites for hydroxylation is 1. The zero-order valence-electron chi connectivity index (χ0n) is 53.1. The van der Waals surface area contributed by atoms with Crippen molar-refractivity contribution in [1.82, 2.24) is 60.0 Å². The number of rotatable bonds is 42. The van der Waals surface area contributed by atoms with Gasteiger partial charge < -0.3 is 66.0 Å². The van der Waals surface area contributed by atoms with Crippen molar-refractivity contribution in [3.63, 3.8) is 0 Å². The lowest BCUT2D eigenvalue weighted by molar-refractivity contribution is -0.142. The third kappa shape index (κ3) is 27.3. The van der Waals surface area contributed by atoms with Crippen LogP contribution in [0.25, 0.3) is 22.0 Å². The highest BCUT2D eigenvalue weighted by Gasteiger charge is 2.28. The molecule has 3 aromatic carbocycles. The quantitative estimate of drug-likeness (QED) is 0.0230. The summed E-state index contributed by atoms with van der Waals surface area (Å²) in [5.74, 6) is -7.36. The van der Waals surface area contributed by atoms with E-state index in [0.29, 0.717) is 68.0 Å². The molecule has 526 valence electrons. The van der Waals surface area contributed by atoms with Crippen LogP contribution in [0.4, 0.5) is 5.95 Å². The average Bonchev–Trinajstić information content (AvgIpc) is 1.32. The van der Waals surface area contributed by atoms with Crippen LogP contribution >= 0.6 is 0 Å². The van der Waals surface area contributed by atoms with Crippen molar-refractivity contribution in [3.05, 3.63) is 90.9 Å². The van der Waals surface area contributed by atoms with Crippen LogP contribution in [0.15, 0.2) is 95.1 Å². The molecule has 0 radical (unpaired) electrons. The molecular formula is C61H85N13O20S2. The Morgan fingerprint density at radius 3 is 1.64 bits per heavy atom. The van der Waals surface area contributed by atoms with E-state index in [9.17, 15) is 80.7 Å². The second kappa shape index (κ2) is 39.5. The molecule has 3 heterocycles. The first-order valence-electron chi connectivity index (χ1n) is 31.2. The Hall–Kier alpha value is -8.52. The summed E-state index contributed by atoms with van der Waals surface area (Å²) in [5.41, 5.74) is 2.19. The predicted molar refractivity (Wildman–Crippen MR) is 346 cm³/mol. The SMILES string of the molecule is O=C(O)CN1CCN(CC(=O)O)CCN(CC(=O)N[C@@H](CCC(=O)NCCCOCCOCCOCCCCS(=O)(=O)c2ccc(-c3ccc(S(=O)(=O)N[C@H](CNC(=O)c4ccc5c(cnn5CCCNc5ncc[nH]5)c4)C(=O)O)cc3)cc2)C(=O)O)CCN(CC(=O)O)CC1. The summed E-state index contributed by atoms with van der Waals surface area (Å²) in [6.45, 7) is 2.65. The maximum absolute atomic E-state index is 13.3. The lowest BCUT2D eigenvalue weighted by Crippen LogP contribution is -2.51. The Morgan fingerprint density at radius 1 is 0.573 bits per heavy atom. The highest BCUT2D eigenvalue weighted by molar-refractivity contribution is 7.91. The van der Waals surface area contributed by atoms with Gasteiger partial charge in [-0.05, 0) is 85.7 Å². The van der Waals surface area contributed by atoms with Gasteiger partial charge in [-0.3, -0.25) is 57.8 Å². The zero-order valence-corrected chi connectivity index (χ0v) is 54.7. The van der Waals surface area contributed by atoms with Crippen molar-refractivity contribution < 1.29 is 94.9 Å². The van der Waals surface area contributed by atoms with E-state index in [1.807, 2.05) is 0 Å². The van der Waals surface area contributed by atoms with E-state index in [1.54, 1.807) is 73.2 Å². The minimum Gasteiger partial charge on any atom is -0.480 e. The molecule has 0 unspecified atom stereocenters. The van der Waals surface area contributed by atoms with Crippen LogP contribution in [-0.2, 0) is 74.2 Å². The van der Waals surface area contributed by atoms with Crippen molar-refractivity contribution in [2.75, 3.05) is 149 Å². The van der Waals surface area contributed by atoms with E-state index in [-0.39, 0.29) is 145 Å². The van der Waals surface area contributed by atoms with Crippen LogP contribution in [0.5, 0.6) is 0 Å². The monoisotopic (exact) mass is 1380 g/mol. The van der Waals surface area contributed by atoms with Gasteiger partial charge in [0.25, 0.3) is 5.91 Å². The number of sulfone groups is 1. The number of carboxylic acids is 5. The number of benzene rings is 3. The molecule has 0 bridgehead atoms. The van der Waals surface area contributed by atoms with E-state index < -0.39 is 86.1 Å². The van der Waals surface area contributed by atoms with Crippen LogP contribution in [0.1, 0.15) is 48.9 Å². The Morgan fingerprint density at radius 2 is 1.10 bits per heavy atom. The number of sulfonamides is 1. The summed E-state index contributed by atoms with van der Waals surface area (Å²) in [6, 6.07) is 13.5. The summed E-state index contributed by atoms with van der Waals surface area (Å²) < 4.78 is 73.6. The number of aliphatic carboxylic acids is 5. The van der Waals surface area contributed by atoms with E-state index in [2.05, 4.69) is 41.1 Å². The second-order valence-electron chi connectivity index (χ2n) is 22.5. The predicted octanol–water partition coefficient (Wildman–Crippen LogP) is 0.0251. The van der Waals surface area contributed by atoms with Crippen molar-refractivity contribution in [1.29, 1.82) is 0 Å². The maximum Gasteiger partial charge on any atom is 0.326 e. The molecule has 1 aliphatic rings. The molecule has 2 aromatic heterocycles. The number of imidazole rings is 1. The van der Waals surface area contributed by atoms with Gasteiger partial charge in [-0.2, -0.15) is 9.82 Å². The Kier molecular flexibility index (Phi) is 31.5. The van der Waals surface area contributed by atoms with Gasteiger partial charge in [0.05, 0.1) is 79.9 Å². The van der Waals surface area contributed by atoms with Gasteiger partial charge in [0.2, 0.25) is 21.8 Å². The van der Waals surface area contributed by atoms with Gasteiger partial charge in [-0.25, -0.2) is 26.6 Å². The summed E-state index contributed by atoms with van der Waals surface area (Å²) in [4.78, 5) is 111. The van der Waals surface area contributed by atoms with Crippen LogP contribution in [0.2, 0.25) is 0 Å². The number of carbonyl (C=O) groups is 8. The molecular weight excluding hydrogens is 1300 g/mol. The smallest absolute Gasteiger partial charge is 0.326 e. The number of unbranched alkanes of at least 4 members (excludes halogenated alkanes) is 1. The lowest BCUT2D eigenvalue weighted by Gasteiger charge is -2.33. The highest BCUT2D eigenvalue weighted by Crippen LogP contribution is 2.25. The Bertz CT molecular complexity index is 3530. The number of ether oxygens (including phenoxy) is 3. The Balaban J connectivity index is 0.793. The van der Waals surface area contributed by atoms with E-state index in [4.69, 9.17) is 14.2 Å². The van der Waals surface area contributed by atoms with Crippen molar-refractivity contribution in [2.45, 2.75) is 66.9 Å². The number of nitrogens with one attached hydrogen (secondary N) is 6. The van der Waals surface area contributed by atoms with Crippen LogP contribution in [0, 0.1) is 0 Å². The highest BCUT2D eigenvalue weighted by atomic mass is 32.2. The Labute approximate surface area is 554 Å². The molecule has 0 aliphatic carbocycles. The van der Waals surface area contributed by atoms with E-state index in [0.717, 1.165) is 11.9 Å². The number of nitrogens with zero attached hydrogens (tertiary/aromatic N) is 7. The number of H-pyrrole nitrogens is 1. The third-order valence-electron chi connectivity index (χ3n) is 15.2. The first-order valence-corrected chi connectivity index (χ1v) is 34.3.